The number of rotatable bonds is 5. The van der Waals surface area contributed by atoms with Gasteiger partial charge in [0.05, 0.1) is 0 Å². The molecule has 0 fully saturated rings. The van der Waals surface area contributed by atoms with Crippen molar-refractivity contribution in [3.63, 3.8) is 0 Å². The molecule has 10 heavy (non-hydrogen) atoms. The number of nitrogens with two attached hydrogens (primary N) is 1. The molecule has 0 aromatic carbocycles. The summed E-state index contributed by atoms with van der Waals surface area (Å²) in [6.07, 6.45) is 2.13. The normalized spacial score (nSPS) is 14.1. The van der Waals surface area contributed by atoms with Crippen LogP contribution in [0, 0.1) is 0 Å². The van der Waals surface area contributed by atoms with Crippen LogP contribution in [-0.2, 0) is 0 Å². The van der Waals surface area contributed by atoms with Crippen LogP contribution in [0.15, 0.2) is 0 Å². The average Bonchev–Trinajstić information content (AvgIpc) is 1.89. The second kappa shape index (κ2) is 6.01. The van der Waals surface area contributed by atoms with Crippen LogP contribution in [0.3, 0.4) is 0 Å². The molecular weight excluding hydrogens is 144 g/mol. The Morgan fingerprint density at radius 1 is 1.60 bits per heavy atom. The molecule has 0 aromatic heterocycles. The van der Waals surface area contributed by atoms with Crippen molar-refractivity contribution < 1.29 is 0 Å². The van der Waals surface area contributed by atoms with Crippen molar-refractivity contribution in [3.8, 4) is 0 Å². The summed E-state index contributed by atoms with van der Waals surface area (Å²) >= 11 is 1.88. The van der Waals surface area contributed by atoms with Crippen LogP contribution in [-0.4, -0.2) is 43.1 Å². The molecule has 0 aromatic rings. The van der Waals surface area contributed by atoms with Crippen LogP contribution in [0.2, 0.25) is 0 Å². The van der Waals surface area contributed by atoms with Gasteiger partial charge in [-0.25, -0.2) is 0 Å². The summed E-state index contributed by atoms with van der Waals surface area (Å²) in [6, 6.07) is 0.651. The first-order valence-electron chi connectivity index (χ1n) is 3.61. The van der Waals surface area contributed by atoms with Crippen LogP contribution >= 0.6 is 11.8 Å². The Balaban J connectivity index is 3.38. The average molecular weight is 162 g/mol. The van der Waals surface area contributed by atoms with Gasteiger partial charge in [-0.05, 0) is 20.2 Å². The Kier molecular flexibility index (Phi) is 6.17. The molecule has 0 amide bonds. The summed E-state index contributed by atoms with van der Waals surface area (Å²) in [5.74, 6) is 1.19. The van der Waals surface area contributed by atoms with Gasteiger partial charge in [-0.2, -0.15) is 11.8 Å². The van der Waals surface area contributed by atoms with Gasteiger partial charge in [-0.3, -0.25) is 0 Å². The van der Waals surface area contributed by atoms with Crippen molar-refractivity contribution in [2.75, 3.05) is 32.1 Å². The Bertz CT molecular complexity index is 68.0. The zero-order chi connectivity index (χ0) is 7.98. The molecule has 0 bridgehead atoms. The molecule has 0 rings (SSSR count). The van der Waals surface area contributed by atoms with Crippen molar-refractivity contribution in [3.05, 3.63) is 0 Å². The van der Waals surface area contributed by atoms with E-state index in [-0.39, 0.29) is 0 Å². The summed E-state index contributed by atoms with van der Waals surface area (Å²) in [5.41, 5.74) is 5.41. The molecule has 0 saturated heterocycles. The van der Waals surface area contributed by atoms with E-state index in [1.54, 1.807) is 0 Å². The third-order valence-corrected chi connectivity index (χ3v) is 2.46. The fraction of sp³-hybridized carbons (Fsp3) is 1.00. The van der Waals surface area contributed by atoms with Gasteiger partial charge in [0.25, 0.3) is 0 Å². The third kappa shape index (κ3) is 4.14. The number of nitrogens with zero attached hydrogens (tertiary/aromatic N) is 1. The molecule has 0 aliphatic rings. The summed E-state index contributed by atoms with van der Waals surface area (Å²) < 4.78 is 0. The van der Waals surface area contributed by atoms with Crippen molar-refractivity contribution >= 4 is 11.8 Å². The Morgan fingerprint density at radius 3 is 2.60 bits per heavy atom. The molecular formula is C7H18N2S. The molecule has 0 aliphatic heterocycles. The molecule has 2 nitrogen and oxygen atoms in total. The van der Waals surface area contributed by atoms with Gasteiger partial charge in [0.1, 0.15) is 0 Å². The SMILES string of the molecule is CSCC(C)N(C)CCN. The van der Waals surface area contributed by atoms with E-state index in [4.69, 9.17) is 5.73 Å². The smallest absolute Gasteiger partial charge is 0.0155 e. The molecule has 62 valence electrons. The van der Waals surface area contributed by atoms with Gasteiger partial charge in [-0.1, -0.05) is 0 Å². The summed E-state index contributed by atoms with van der Waals surface area (Å²) in [4.78, 5) is 2.29. The van der Waals surface area contributed by atoms with Crippen LogP contribution in [0.5, 0.6) is 0 Å². The Labute approximate surface area is 68.2 Å². The Morgan fingerprint density at radius 2 is 2.20 bits per heavy atom. The van der Waals surface area contributed by atoms with Gasteiger partial charge in [0.15, 0.2) is 0 Å². The second-order valence-corrected chi connectivity index (χ2v) is 3.48. The predicted octanol–water partition coefficient (Wildman–Crippen LogP) is 0.628. The van der Waals surface area contributed by atoms with Crippen LogP contribution in [0.25, 0.3) is 0 Å². The van der Waals surface area contributed by atoms with Crippen LogP contribution in [0.1, 0.15) is 6.92 Å². The second-order valence-electron chi connectivity index (χ2n) is 2.57. The minimum atomic E-state index is 0.651. The third-order valence-electron chi connectivity index (χ3n) is 1.64. The summed E-state index contributed by atoms with van der Waals surface area (Å²) in [5, 5.41) is 0. The molecule has 0 heterocycles. The fourth-order valence-electron chi connectivity index (χ4n) is 0.792. The van der Waals surface area contributed by atoms with E-state index in [0.717, 1.165) is 13.1 Å². The highest BCUT2D eigenvalue weighted by Gasteiger charge is 2.05. The van der Waals surface area contributed by atoms with E-state index in [9.17, 15) is 0 Å². The van der Waals surface area contributed by atoms with Crippen molar-refractivity contribution in [2.24, 2.45) is 5.73 Å². The van der Waals surface area contributed by atoms with E-state index in [1.165, 1.54) is 5.75 Å². The lowest BCUT2D eigenvalue weighted by Crippen LogP contribution is -2.34. The van der Waals surface area contributed by atoms with E-state index in [2.05, 4.69) is 25.1 Å². The highest BCUT2D eigenvalue weighted by molar-refractivity contribution is 7.98. The monoisotopic (exact) mass is 162 g/mol. The van der Waals surface area contributed by atoms with Crippen molar-refractivity contribution in [1.82, 2.24) is 4.90 Å². The largest absolute Gasteiger partial charge is 0.329 e. The number of hydrogen-bond acceptors (Lipinski definition) is 3. The molecule has 1 atom stereocenters. The first kappa shape index (κ1) is 10.3. The van der Waals surface area contributed by atoms with Crippen LogP contribution < -0.4 is 5.73 Å². The first-order chi connectivity index (χ1) is 4.72. The zero-order valence-electron chi connectivity index (χ0n) is 7.13. The molecule has 3 heteroatoms. The maximum absolute atomic E-state index is 5.41. The summed E-state index contributed by atoms with van der Waals surface area (Å²) in [7, 11) is 2.12. The van der Waals surface area contributed by atoms with E-state index < -0.39 is 0 Å². The standard InChI is InChI=1S/C7H18N2S/c1-7(6-10-3)9(2)5-4-8/h7H,4-6,8H2,1-3H3. The summed E-state index contributed by atoms with van der Waals surface area (Å²) in [6.45, 7) is 3.99. The minimum Gasteiger partial charge on any atom is -0.329 e. The predicted molar refractivity (Wildman–Crippen MR) is 49.5 cm³/mol. The van der Waals surface area contributed by atoms with Gasteiger partial charge < -0.3 is 10.6 Å². The lowest BCUT2D eigenvalue weighted by Gasteiger charge is -2.22. The highest BCUT2D eigenvalue weighted by atomic mass is 32.2. The Hall–Kier alpha value is 0.270. The van der Waals surface area contributed by atoms with Crippen molar-refractivity contribution in [2.45, 2.75) is 13.0 Å². The topological polar surface area (TPSA) is 29.3 Å². The first-order valence-corrected chi connectivity index (χ1v) is 5.01. The molecule has 0 saturated carbocycles. The van der Waals surface area contributed by atoms with E-state index >= 15 is 0 Å². The lowest BCUT2D eigenvalue weighted by molar-refractivity contribution is 0.286. The molecule has 1 unspecified atom stereocenters. The maximum atomic E-state index is 5.41. The quantitative estimate of drug-likeness (QED) is 0.643. The zero-order valence-corrected chi connectivity index (χ0v) is 7.95. The molecule has 0 aliphatic carbocycles. The minimum absolute atomic E-state index is 0.651. The van der Waals surface area contributed by atoms with Gasteiger partial charge >= 0.3 is 0 Å². The fourth-order valence-corrected chi connectivity index (χ4v) is 1.53. The van der Waals surface area contributed by atoms with E-state index in [0.29, 0.717) is 6.04 Å². The lowest BCUT2D eigenvalue weighted by atomic mass is 10.3. The molecule has 0 radical (unpaired) electrons. The molecule has 0 spiro atoms. The van der Waals surface area contributed by atoms with E-state index in [1.807, 2.05) is 11.8 Å². The van der Waals surface area contributed by atoms with Gasteiger partial charge in [0, 0.05) is 24.9 Å². The number of likely N-dealkylation sites (N-methyl/N-ethyl adjacent to an activating group) is 1. The van der Waals surface area contributed by atoms with Gasteiger partial charge in [-0.15, -0.1) is 0 Å². The van der Waals surface area contributed by atoms with Crippen molar-refractivity contribution in [1.29, 1.82) is 0 Å². The van der Waals surface area contributed by atoms with Crippen LogP contribution in [0.4, 0.5) is 0 Å². The number of thioether (sulfide) groups is 1. The van der Waals surface area contributed by atoms with Gasteiger partial charge in [0.2, 0.25) is 0 Å². The highest BCUT2D eigenvalue weighted by Crippen LogP contribution is 2.01. The maximum Gasteiger partial charge on any atom is 0.0155 e. The number of hydrogen-bond donors (Lipinski definition) is 1. The molecule has 2 N–H and O–H groups in total.